The van der Waals surface area contributed by atoms with Gasteiger partial charge in [0, 0.05) is 24.4 Å². The minimum Gasteiger partial charge on any atom is -0.374 e. The zero-order valence-electron chi connectivity index (χ0n) is 9.65. The van der Waals surface area contributed by atoms with Crippen LogP contribution in [0.1, 0.15) is 38.5 Å². The van der Waals surface area contributed by atoms with Crippen LogP contribution in [0.15, 0.2) is 11.3 Å². The standard InChI is InChI=1S/C12H16F3NO/c13-12(14,15)11(17)9-5-1-2-6-10(9)16-7-3-4-8-16/h1-8H2. The SMILES string of the molecule is O=C(C1=C(N2CCCC2)CCCC1)C(F)(F)F. The van der Waals surface area contributed by atoms with Gasteiger partial charge in [0.25, 0.3) is 5.78 Å². The Morgan fingerprint density at radius 3 is 2.18 bits per heavy atom. The molecule has 0 amide bonds. The van der Waals surface area contributed by atoms with Gasteiger partial charge in [0.2, 0.25) is 0 Å². The van der Waals surface area contributed by atoms with E-state index in [1.54, 1.807) is 0 Å². The predicted octanol–water partition coefficient (Wildman–Crippen LogP) is 3.04. The molecule has 1 fully saturated rings. The Bertz CT molecular complexity index is 340. The van der Waals surface area contributed by atoms with Crippen molar-refractivity contribution in [2.24, 2.45) is 0 Å². The fourth-order valence-electron chi connectivity index (χ4n) is 2.64. The Morgan fingerprint density at radius 1 is 1.00 bits per heavy atom. The summed E-state index contributed by atoms with van der Waals surface area (Å²) in [7, 11) is 0. The zero-order chi connectivity index (χ0) is 12.5. The summed E-state index contributed by atoms with van der Waals surface area (Å²) in [6.07, 6.45) is -0.220. The first-order valence-corrected chi connectivity index (χ1v) is 6.08. The maximum atomic E-state index is 12.5. The number of hydrogen-bond acceptors (Lipinski definition) is 2. The van der Waals surface area contributed by atoms with Gasteiger partial charge in [-0.2, -0.15) is 13.2 Å². The van der Waals surface area contributed by atoms with E-state index < -0.39 is 12.0 Å². The van der Waals surface area contributed by atoms with Crippen LogP contribution in [0.2, 0.25) is 0 Å². The number of hydrogen-bond donors (Lipinski definition) is 0. The van der Waals surface area contributed by atoms with Crippen molar-refractivity contribution in [2.75, 3.05) is 13.1 Å². The molecule has 1 aliphatic carbocycles. The number of halogens is 3. The molecule has 0 radical (unpaired) electrons. The molecular weight excluding hydrogens is 231 g/mol. The van der Waals surface area contributed by atoms with Gasteiger partial charge in [0.15, 0.2) is 0 Å². The van der Waals surface area contributed by atoms with E-state index in [0.29, 0.717) is 18.5 Å². The zero-order valence-corrected chi connectivity index (χ0v) is 9.65. The molecule has 0 aromatic carbocycles. The van der Waals surface area contributed by atoms with Crippen LogP contribution in [-0.2, 0) is 4.79 Å². The predicted molar refractivity (Wildman–Crippen MR) is 57.4 cm³/mol. The van der Waals surface area contributed by atoms with Crippen molar-refractivity contribution >= 4 is 5.78 Å². The summed E-state index contributed by atoms with van der Waals surface area (Å²) in [4.78, 5) is 13.3. The first-order chi connectivity index (χ1) is 8.00. The molecule has 0 aromatic rings. The lowest BCUT2D eigenvalue weighted by Gasteiger charge is -2.28. The van der Waals surface area contributed by atoms with Crippen molar-refractivity contribution in [3.8, 4) is 0 Å². The second-order valence-electron chi connectivity index (χ2n) is 4.65. The largest absolute Gasteiger partial charge is 0.454 e. The summed E-state index contributed by atoms with van der Waals surface area (Å²) < 4.78 is 37.5. The number of ketones is 1. The van der Waals surface area contributed by atoms with Gasteiger partial charge >= 0.3 is 6.18 Å². The number of nitrogens with zero attached hydrogens (tertiary/aromatic N) is 1. The van der Waals surface area contributed by atoms with E-state index in [0.717, 1.165) is 32.4 Å². The van der Waals surface area contributed by atoms with Crippen LogP contribution < -0.4 is 0 Å². The van der Waals surface area contributed by atoms with Crippen LogP contribution in [0.25, 0.3) is 0 Å². The Hall–Kier alpha value is -1.00. The number of likely N-dealkylation sites (tertiary alicyclic amines) is 1. The summed E-state index contributed by atoms with van der Waals surface area (Å²) in [6, 6.07) is 0. The number of carbonyl (C=O) groups is 1. The number of alkyl halides is 3. The molecule has 1 aliphatic heterocycles. The Kier molecular flexibility index (Phi) is 3.45. The molecule has 5 heteroatoms. The molecule has 0 saturated carbocycles. The Labute approximate surface area is 98.5 Å². The van der Waals surface area contributed by atoms with Gasteiger partial charge in [-0.05, 0) is 38.5 Å². The Morgan fingerprint density at radius 2 is 1.59 bits per heavy atom. The van der Waals surface area contributed by atoms with E-state index in [-0.39, 0.29) is 12.0 Å². The molecule has 0 bridgehead atoms. The van der Waals surface area contributed by atoms with Crippen molar-refractivity contribution < 1.29 is 18.0 Å². The summed E-state index contributed by atoms with van der Waals surface area (Å²) in [6.45, 7) is 1.59. The van der Waals surface area contributed by atoms with Gasteiger partial charge in [0.1, 0.15) is 0 Å². The van der Waals surface area contributed by atoms with Crippen LogP contribution in [0, 0.1) is 0 Å². The average molecular weight is 247 g/mol. The summed E-state index contributed by atoms with van der Waals surface area (Å²) in [5, 5.41) is 0. The molecular formula is C12H16F3NO. The van der Waals surface area contributed by atoms with Crippen LogP contribution in [0.4, 0.5) is 13.2 Å². The molecule has 96 valence electrons. The highest BCUT2D eigenvalue weighted by atomic mass is 19.4. The highest BCUT2D eigenvalue weighted by molar-refractivity contribution is 6.00. The van der Waals surface area contributed by atoms with Crippen molar-refractivity contribution in [1.29, 1.82) is 0 Å². The van der Waals surface area contributed by atoms with Crippen molar-refractivity contribution in [3.63, 3.8) is 0 Å². The van der Waals surface area contributed by atoms with Gasteiger partial charge in [-0.25, -0.2) is 0 Å². The molecule has 0 N–H and O–H groups in total. The van der Waals surface area contributed by atoms with Crippen molar-refractivity contribution in [1.82, 2.24) is 4.90 Å². The van der Waals surface area contributed by atoms with Gasteiger partial charge in [-0.1, -0.05) is 0 Å². The fraction of sp³-hybridized carbons (Fsp3) is 0.750. The van der Waals surface area contributed by atoms with Crippen molar-refractivity contribution in [3.05, 3.63) is 11.3 Å². The molecule has 1 saturated heterocycles. The molecule has 0 atom stereocenters. The minimum absolute atomic E-state index is 0.0191. The van der Waals surface area contributed by atoms with E-state index in [9.17, 15) is 18.0 Å². The lowest BCUT2D eigenvalue weighted by molar-refractivity contribution is -0.167. The number of rotatable bonds is 2. The summed E-state index contributed by atoms with van der Waals surface area (Å²) >= 11 is 0. The van der Waals surface area contributed by atoms with E-state index in [2.05, 4.69) is 0 Å². The van der Waals surface area contributed by atoms with Crippen LogP contribution in [-0.4, -0.2) is 29.9 Å². The fourth-order valence-corrected chi connectivity index (χ4v) is 2.64. The number of allylic oxidation sites excluding steroid dienone is 2. The highest BCUT2D eigenvalue weighted by Crippen LogP contribution is 2.34. The van der Waals surface area contributed by atoms with Gasteiger partial charge in [-0.3, -0.25) is 4.79 Å². The van der Waals surface area contributed by atoms with E-state index >= 15 is 0 Å². The van der Waals surface area contributed by atoms with E-state index in [1.165, 1.54) is 0 Å². The molecule has 0 aromatic heterocycles. The number of Topliss-reactive ketones (excluding diaryl/α,β-unsaturated/α-hetero) is 1. The molecule has 2 nitrogen and oxygen atoms in total. The monoisotopic (exact) mass is 247 g/mol. The van der Waals surface area contributed by atoms with Gasteiger partial charge in [0.05, 0.1) is 0 Å². The lowest BCUT2D eigenvalue weighted by Crippen LogP contribution is -2.31. The topological polar surface area (TPSA) is 20.3 Å². The average Bonchev–Trinajstić information content (AvgIpc) is 2.80. The molecule has 17 heavy (non-hydrogen) atoms. The molecule has 0 unspecified atom stereocenters. The Balaban J connectivity index is 2.27. The first kappa shape index (κ1) is 12.5. The first-order valence-electron chi connectivity index (χ1n) is 6.08. The molecule has 2 aliphatic rings. The quantitative estimate of drug-likeness (QED) is 0.747. The minimum atomic E-state index is -4.72. The van der Waals surface area contributed by atoms with Crippen LogP contribution in [0.3, 0.4) is 0 Å². The third kappa shape index (κ3) is 2.64. The third-order valence-electron chi connectivity index (χ3n) is 3.46. The van der Waals surface area contributed by atoms with E-state index in [4.69, 9.17) is 0 Å². The maximum absolute atomic E-state index is 12.5. The van der Waals surface area contributed by atoms with Crippen LogP contribution >= 0.6 is 0 Å². The summed E-state index contributed by atoms with van der Waals surface area (Å²) in [5.41, 5.74) is 0.682. The van der Waals surface area contributed by atoms with Gasteiger partial charge in [-0.15, -0.1) is 0 Å². The molecule has 0 spiro atoms. The third-order valence-corrected chi connectivity index (χ3v) is 3.46. The lowest BCUT2D eigenvalue weighted by atomic mass is 9.92. The second-order valence-corrected chi connectivity index (χ2v) is 4.65. The normalized spacial score (nSPS) is 22.2. The second kappa shape index (κ2) is 4.70. The smallest absolute Gasteiger partial charge is 0.374 e. The maximum Gasteiger partial charge on any atom is 0.454 e. The van der Waals surface area contributed by atoms with Crippen molar-refractivity contribution in [2.45, 2.75) is 44.7 Å². The molecule has 1 heterocycles. The van der Waals surface area contributed by atoms with E-state index in [1.807, 2.05) is 4.90 Å². The van der Waals surface area contributed by atoms with Gasteiger partial charge < -0.3 is 4.90 Å². The highest BCUT2D eigenvalue weighted by Gasteiger charge is 2.42. The summed E-state index contributed by atoms with van der Waals surface area (Å²) in [5.74, 6) is -1.63. The molecule has 2 rings (SSSR count). The van der Waals surface area contributed by atoms with Crippen LogP contribution in [0.5, 0.6) is 0 Å². The number of carbonyl (C=O) groups excluding carboxylic acids is 1.